The lowest BCUT2D eigenvalue weighted by Gasteiger charge is -2.47. The van der Waals surface area contributed by atoms with E-state index in [1.165, 1.54) is 16.7 Å². The van der Waals surface area contributed by atoms with Crippen LogP contribution in [0.1, 0.15) is 30.0 Å². The lowest BCUT2D eigenvalue weighted by molar-refractivity contribution is -0.133. The van der Waals surface area contributed by atoms with E-state index in [9.17, 15) is 4.79 Å². The Hall–Kier alpha value is -1.15. The lowest BCUT2D eigenvalue weighted by Crippen LogP contribution is -2.58. The number of likely N-dealkylation sites (tertiary alicyclic amines) is 1. The number of fused-ring (bicyclic) bond motifs is 4. The van der Waals surface area contributed by atoms with Crippen LogP contribution in [-0.4, -0.2) is 30.3 Å². The van der Waals surface area contributed by atoms with Gasteiger partial charge < -0.3 is 0 Å². The number of carbonyl (C=O) groups is 1. The van der Waals surface area contributed by atoms with Gasteiger partial charge in [-0.1, -0.05) is 23.8 Å². The van der Waals surface area contributed by atoms with Crippen LogP contribution in [0.25, 0.3) is 0 Å². The highest BCUT2D eigenvalue weighted by atomic mass is 16.1. The summed E-state index contributed by atoms with van der Waals surface area (Å²) in [4.78, 5) is 14.8. The Kier molecular flexibility index (Phi) is 2.21. The third-order valence-electron chi connectivity index (χ3n) is 4.62. The van der Waals surface area contributed by atoms with Gasteiger partial charge in [-0.15, -0.1) is 0 Å². The number of likely N-dealkylation sites (N-methyl/N-ethyl adjacent to an activating group) is 1. The molecular formula is C15H19NO. The molecule has 2 aliphatic rings. The van der Waals surface area contributed by atoms with E-state index in [1.54, 1.807) is 0 Å². The standard InChI is InChI=1S/C15H19NO/c1-10-4-5-11-9-13-14(17)15(2,12(11)8-10)6-7-16(13)3/h4-5,8,13H,6-7,9H2,1-3H3/t13-,15-/m1/s1. The Labute approximate surface area is 103 Å². The quantitative estimate of drug-likeness (QED) is 0.679. The van der Waals surface area contributed by atoms with Crippen LogP contribution >= 0.6 is 0 Å². The van der Waals surface area contributed by atoms with E-state index in [1.807, 2.05) is 0 Å². The van der Waals surface area contributed by atoms with Crippen molar-refractivity contribution in [1.82, 2.24) is 4.90 Å². The van der Waals surface area contributed by atoms with E-state index in [-0.39, 0.29) is 11.5 Å². The first-order valence-electron chi connectivity index (χ1n) is 6.37. The summed E-state index contributed by atoms with van der Waals surface area (Å²) in [7, 11) is 2.07. The predicted octanol–water partition coefficient (Wildman–Crippen LogP) is 2.08. The Morgan fingerprint density at radius 1 is 1.41 bits per heavy atom. The third-order valence-corrected chi connectivity index (χ3v) is 4.62. The van der Waals surface area contributed by atoms with Crippen LogP contribution in [0.5, 0.6) is 0 Å². The number of rotatable bonds is 0. The van der Waals surface area contributed by atoms with Gasteiger partial charge in [0.05, 0.1) is 11.5 Å². The van der Waals surface area contributed by atoms with Gasteiger partial charge >= 0.3 is 0 Å². The maximum atomic E-state index is 12.6. The van der Waals surface area contributed by atoms with E-state index in [2.05, 4.69) is 44.0 Å². The molecule has 3 rings (SSSR count). The molecule has 0 unspecified atom stereocenters. The highest BCUT2D eigenvalue weighted by Crippen LogP contribution is 2.42. The number of hydrogen-bond acceptors (Lipinski definition) is 2. The summed E-state index contributed by atoms with van der Waals surface area (Å²) in [5.41, 5.74) is 3.67. The molecule has 0 saturated carbocycles. The summed E-state index contributed by atoms with van der Waals surface area (Å²) in [6, 6.07) is 6.69. The van der Waals surface area contributed by atoms with Crippen LogP contribution < -0.4 is 0 Å². The number of hydrogen-bond donors (Lipinski definition) is 0. The molecule has 1 heterocycles. The number of nitrogens with zero attached hydrogens (tertiary/aromatic N) is 1. The fraction of sp³-hybridized carbons (Fsp3) is 0.533. The molecule has 0 amide bonds. The number of piperidine rings is 1. The molecule has 2 heteroatoms. The van der Waals surface area contributed by atoms with E-state index in [0.29, 0.717) is 5.78 Å². The van der Waals surface area contributed by atoms with Crippen LogP contribution in [0.15, 0.2) is 18.2 Å². The van der Waals surface area contributed by atoms with Crippen molar-refractivity contribution in [1.29, 1.82) is 0 Å². The van der Waals surface area contributed by atoms with E-state index in [4.69, 9.17) is 0 Å². The predicted molar refractivity (Wildman–Crippen MR) is 68.3 cm³/mol. The smallest absolute Gasteiger partial charge is 0.160 e. The van der Waals surface area contributed by atoms with Crippen molar-refractivity contribution in [3.63, 3.8) is 0 Å². The number of Topliss-reactive ketones (excluding diaryl/α,β-unsaturated/α-hetero) is 1. The first-order chi connectivity index (χ1) is 8.02. The van der Waals surface area contributed by atoms with Crippen molar-refractivity contribution >= 4 is 5.78 Å². The highest BCUT2D eigenvalue weighted by molar-refractivity contribution is 5.97. The van der Waals surface area contributed by atoms with Crippen LogP contribution in [-0.2, 0) is 16.6 Å². The Morgan fingerprint density at radius 2 is 2.18 bits per heavy atom. The Balaban J connectivity index is 2.20. The molecule has 2 nitrogen and oxygen atoms in total. The van der Waals surface area contributed by atoms with Crippen LogP contribution in [0.4, 0.5) is 0 Å². The molecule has 0 spiro atoms. The molecule has 90 valence electrons. The molecule has 1 saturated heterocycles. The minimum atomic E-state index is -0.239. The summed E-state index contributed by atoms with van der Waals surface area (Å²) < 4.78 is 0. The molecule has 2 bridgehead atoms. The van der Waals surface area contributed by atoms with Crippen LogP contribution in [0, 0.1) is 6.92 Å². The topological polar surface area (TPSA) is 20.3 Å². The van der Waals surface area contributed by atoms with Crippen molar-refractivity contribution in [2.24, 2.45) is 0 Å². The average Bonchev–Trinajstić information content (AvgIpc) is 2.30. The molecule has 17 heavy (non-hydrogen) atoms. The van der Waals surface area contributed by atoms with E-state index < -0.39 is 0 Å². The maximum Gasteiger partial charge on any atom is 0.160 e. The molecule has 0 radical (unpaired) electrons. The Morgan fingerprint density at radius 3 is 2.94 bits per heavy atom. The second kappa shape index (κ2) is 3.42. The normalized spacial score (nSPS) is 32.4. The van der Waals surface area contributed by atoms with Crippen molar-refractivity contribution in [2.75, 3.05) is 13.6 Å². The van der Waals surface area contributed by atoms with Gasteiger partial charge in [0, 0.05) is 0 Å². The first kappa shape index (κ1) is 11.0. The largest absolute Gasteiger partial charge is 0.297 e. The van der Waals surface area contributed by atoms with Crippen LogP contribution in [0.2, 0.25) is 0 Å². The minimum absolute atomic E-state index is 0.101. The van der Waals surface area contributed by atoms with Gasteiger partial charge in [-0.25, -0.2) is 0 Å². The van der Waals surface area contributed by atoms with E-state index >= 15 is 0 Å². The van der Waals surface area contributed by atoms with Gasteiger partial charge in [-0.05, 0) is 51.4 Å². The van der Waals surface area contributed by atoms with Crippen molar-refractivity contribution in [3.05, 3.63) is 34.9 Å². The van der Waals surface area contributed by atoms with Gasteiger partial charge in [-0.2, -0.15) is 0 Å². The van der Waals surface area contributed by atoms with E-state index in [0.717, 1.165) is 19.4 Å². The second-order valence-electron chi connectivity index (χ2n) is 5.81. The number of carbonyl (C=O) groups excluding carboxylic acids is 1. The molecule has 0 N–H and O–H groups in total. The summed E-state index contributed by atoms with van der Waals surface area (Å²) >= 11 is 0. The van der Waals surface area contributed by atoms with Gasteiger partial charge in [0.1, 0.15) is 0 Å². The average molecular weight is 229 g/mol. The van der Waals surface area contributed by atoms with Gasteiger partial charge in [-0.3, -0.25) is 9.69 Å². The monoisotopic (exact) mass is 229 g/mol. The fourth-order valence-electron chi connectivity index (χ4n) is 3.35. The number of benzene rings is 1. The molecule has 2 atom stereocenters. The first-order valence-corrected chi connectivity index (χ1v) is 6.37. The number of ketones is 1. The zero-order valence-electron chi connectivity index (χ0n) is 10.8. The lowest BCUT2D eigenvalue weighted by atomic mass is 9.64. The molecule has 1 aromatic rings. The number of aryl methyl sites for hydroxylation is 1. The summed E-state index contributed by atoms with van der Waals surface area (Å²) in [6.45, 7) is 5.27. The molecule has 1 fully saturated rings. The Bertz CT molecular complexity index is 494. The van der Waals surface area contributed by atoms with Crippen LogP contribution in [0.3, 0.4) is 0 Å². The SMILES string of the molecule is Cc1ccc2c(c1)[C@@]1(C)CCN(C)[C@H](C2)C1=O. The minimum Gasteiger partial charge on any atom is -0.297 e. The molecule has 1 aromatic carbocycles. The molecule has 1 aliphatic heterocycles. The second-order valence-corrected chi connectivity index (χ2v) is 5.81. The molecule has 1 aliphatic carbocycles. The summed E-state index contributed by atoms with van der Waals surface area (Å²) in [5.74, 6) is 0.421. The summed E-state index contributed by atoms with van der Waals surface area (Å²) in [5, 5.41) is 0. The molecular weight excluding hydrogens is 210 g/mol. The third kappa shape index (κ3) is 1.40. The maximum absolute atomic E-state index is 12.6. The van der Waals surface area contributed by atoms with Gasteiger partial charge in [0.15, 0.2) is 5.78 Å². The fourth-order valence-corrected chi connectivity index (χ4v) is 3.35. The highest BCUT2D eigenvalue weighted by Gasteiger charge is 2.48. The zero-order valence-corrected chi connectivity index (χ0v) is 10.8. The van der Waals surface area contributed by atoms with Crippen molar-refractivity contribution in [2.45, 2.75) is 38.1 Å². The van der Waals surface area contributed by atoms with Crippen molar-refractivity contribution < 1.29 is 4.79 Å². The molecule has 0 aromatic heterocycles. The van der Waals surface area contributed by atoms with Gasteiger partial charge in [0.25, 0.3) is 0 Å². The van der Waals surface area contributed by atoms with Gasteiger partial charge in [0.2, 0.25) is 0 Å². The zero-order chi connectivity index (χ0) is 12.2. The summed E-state index contributed by atoms with van der Waals surface area (Å²) in [6.07, 6.45) is 1.84. The van der Waals surface area contributed by atoms with Crippen molar-refractivity contribution in [3.8, 4) is 0 Å².